The molecule has 1 unspecified atom stereocenters. The van der Waals surface area contributed by atoms with Crippen LogP contribution >= 0.6 is 0 Å². The molecule has 2 aromatic rings. The van der Waals surface area contributed by atoms with Crippen LogP contribution in [0.1, 0.15) is 21.5 Å². The molecule has 0 spiro atoms. The third-order valence-corrected chi connectivity index (χ3v) is 3.98. The molecule has 0 saturated carbocycles. The highest BCUT2D eigenvalue weighted by Gasteiger charge is 2.29. The molecule has 0 saturated heterocycles. The van der Waals surface area contributed by atoms with Gasteiger partial charge in [0.25, 0.3) is 5.91 Å². The number of hydrogen-bond acceptors (Lipinski definition) is 3. The van der Waals surface area contributed by atoms with Gasteiger partial charge in [0.05, 0.1) is 7.11 Å². The van der Waals surface area contributed by atoms with Crippen molar-refractivity contribution in [3.05, 3.63) is 71.3 Å². The first-order chi connectivity index (χ1) is 11.2. The van der Waals surface area contributed by atoms with Crippen LogP contribution in [0.2, 0.25) is 0 Å². The first-order valence-corrected chi connectivity index (χ1v) is 7.56. The van der Waals surface area contributed by atoms with Gasteiger partial charge in [0, 0.05) is 18.5 Å². The fraction of sp³-hybridized carbons (Fsp3) is 0.211. The monoisotopic (exact) mass is 309 g/mol. The lowest BCUT2D eigenvalue weighted by atomic mass is 9.98. The number of aliphatic hydroxyl groups is 1. The number of aliphatic hydroxyl groups excluding tert-OH is 1. The van der Waals surface area contributed by atoms with E-state index in [9.17, 15) is 9.90 Å². The Hall–Kier alpha value is -2.59. The Kier molecular flexibility index (Phi) is 4.44. The number of nitrogens with zero attached hydrogens (tertiary/aromatic N) is 1. The minimum Gasteiger partial charge on any atom is -0.497 e. The van der Waals surface area contributed by atoms with E-state index < -0.39 is 6.23 Å². The van der Waals surface area contributed by atoms with Crippen LogP contribution < -0.4 is 4.74 Å². The second-order valence-corrected chi connectivity index (χ2v) is 5.48. The number of amides is 1. The van der Waals surface area contributed by atoms with Crippen LogP contribution in [0.3, 0.4) is 0 Å². The quantitative estimate of drug-likeness (QED) is 0.945. The van der Waals surface area contributed by atoms with Crippen LogP contribution in [0, 0.1) is 0 Å². The number of rotatable bonds is 4. The number of ether oxygens (including phenoxy) is 1. The second kappa shape index (κ2) is 6.67. The maximum atomic E-state index is 12.5. The predicted molar refractivity (Wildman–Crippen MR) is 89.2 cm³/mol. The molecule has 23 heavy (non-hydrogen) atoms. The molecule has 1 N–H and O–H groups in total. The molecule has 1 aliphatic rings. The Morgan fingerprint density at radius 1 is 1.26 bits per heavy atom. The molecule has 0 fully saturated rings. The van der Waals surface area contributed by atoms with Crippen molar-refractivity contribution in [3.8, 4) is 5.75 Å². The second-order valence-electron chi connectivity index (χ2n) is 5.48. The zero-order valence-corrected chi connectivity index (χ0v) is 13.0. The van der Waals surface area contributed by atoms with Gasteiger partial charge >= 0.3 is 0 Å². The van der Waals surface area contributed by atoms with Crippen LogP contribution in [0.15, 0.2) is 54.6 Å². The molecule has 0 aliphatic carbocycles. The molecule has 1 amide bonds. The highest BCUT2D eigenvalue weighted by molar-refractivity contribution is 5.97. The fourth-order valence-electron chi connectivity index (χ4n) is 2.76. The summed E-state index contributed by atoms with van der Waals surface area (Å²) < 4.78 is 5.19. The Bertz CT molecular complexity index is 739. The number of fused-ring (bicyclic) bond motifs is 1. The normalized spacial score (nSPS) is 17.4. The van der Waals surface area contributed by atoms with Crippen LogP contribution in [-0.4, -0.2) is 35.8 Å². The van der Waals surface area contributed by atoms with Gasteiger partial charge in [-0.25, -0.2) is 0 Å². The molecule has 0 radical (unpaired) electrons. The average molecular weight is 309 g/mol. The summed E-state index contributed by atoms with van der Waals surface area (Å²) in [6, 6.07) is 15.1. The van der Waals surface area contributed by atoms with Gasteiger partial charge in [-0.3, -0.25) is 4.79 Å². The molecule has 0 aromatic heterocycles. The third-order valence-electron chi connectivity index (χ3n) is 3.98. The topological polar surface area (TPSA) is 49.8 Å². The minimum absolute atomic E-state index is 0.130. The average Bonchev–Trinajstić information content (AvgIpc) is 2.58. The minimum atomic E-state index is -0.785. The summed E-state index contributed by atoms with van der Waals surface area (Å²) in [5, 5.41) is 10.2. The van der Waals surface area contributed by atoms with Crippen molar-refractivity contribution in [1.82, 2.24) is 4.90 Å². The van der Waals surface area contributed by atoms with E-state index in [1.165, 1.54) is 4.90 Å². The molecular weight excluding hydrogens is 290 g/mol. The Morgan fingerprint density at radius 3 is 2.91 bits per heavy atom. The SMILES string of the molecule is COc1cccc(/C=C/CN2C(=O)c3ccccc3CC2O)c1. The summed E-state index contributed by atoms with van der Waals surface area (Å²) in [5.74, 6) is 0.657. The maximum absolute atomic E-state index is 12.5. The zero-order valence-electron chi connectivity index (χ0n) is 13.0. The highest BCUT2D eigenvalue weighted by atomic mass is 16.5. The van der Waals surface area contributed by atoms with E-state index in [0.717, 1.165) is 16.9 Å². The zero-order chi connectivity index (χ0) is 16.2. The van der Waals surface area contributed by atoms with Crippen molar-refractivity contribution < 1.29 is 14.6 Å². The number of benzene rings is 2. The lowest BCUT2D eigenvalue weighted by molar-refractivity contribution is 0.00832. The van der Waals surface area contributed by atoms with Gasteiger partial charge in [0.2, 0.25) is 0 Å². The Balaban J connectivity index is 1.73. The Morgan fingerprint density at radius 2 is 2.09 bits per heavy atom. The van der Waals surface area contributed by atoms with Crippen molar-refractivity contribution in [3.63, 3.8) is 0 Å². The van der Waals surface area contributed by atoms with E-state index in [2.05, 4.69) is 0 Å². The van der Waals surface area contributed by atoms with Crippen molar-refractivity contribution in [2.24, 2.45) is 0 Å². The van der Waals surface area contributed by atoms with Crippen LogP contribution in [0.25, 0.3) is 6.08 Å². The summed E-state index contributed by atoms with van der Waals surface area (Å²) >= 11 is 0. The predicted octanol–water partition coefficient (Wildman–Crippen LogP) is 2.73. The molecule has 4 nitrogen and oxygen atoms in total. The first kappa shape index (κ1) is 15.3. The van der Waals surface area contributed by atoms with Gasteiger partial charge in [-0.2, -0.15) is 0 Å². The van der Waals surface area contributed by atoms with Gasteiger partial charge in [0.15, 0.2) is 0 Å². The van der Waals surface area contributed by atoms with Crippen molar-refractivity contribution in [2.75, 3.05) is 13.7 Å². The first-order valence-electron chi connectivity index (χ1n) is 7.56. The molecule has 118 valence electrons. The largest absolute Gasteiger partial charge is 0.497 e. The van der Waals surface area contributed by atoms with E-state index in [1.54, 1.807) is 7.11 Å². The molecule has 0 bridgehead atoms. The number of hydrogen-bond donors (Lipinski definition) is 1. The van der Waals surface area contributed by atoms with Crippen LogP contribution in [0.5, 0.6) is 5.75 Å². The van der Waals surface area contributed by atoms with Crippen LogP contribution in [0.4, 0.5) is 0 Å². The Labute approximate surface area is 135 Å². The van der Waals surface area contributed by atoms with Gasteiger partial charge in [-0.05, 0) is 29.3 Å². The molecule has 3 rings (SSSR count). The van der Waals surface area contributed by atoms with E-state index in [1.807, 2.05) is 60.7 Å². The standard InChI is InChI=1S/C19H19NO3/c1-23-16-9-4-6-14(12-16)7-5-11-20-18(21)13-15-8-2-3-10-17(15)19(20)22/h2-10,12,18,21H,11,13H2,1H3/b7-5+. The van der Waals surface area contributed by atoms with Crippen molar-refractivity contribution in [2.45, 2.75) is 12.6 Å². The van der Waals surface area contributed by atoms with Gasteiger partial charge in [0.1, 0.15) is 12.0 Å². The van der Waals surface area contributed by atoms with Crippen molar-refractivity contribution in [1.29, 1.82) is 0 Å². The summed E-state index contributed by atoms with van der Waals surface area (Å²) in [4.78, 5) is 14.0. The summed E-state index contributed by atoms with van der Waals surface area (Å²) in [6.45, 7) is 0.367. The van der Waals surface area contributed by atoms with E-state index >= 15 is 0 Å². The third kappa shape index (κ3) is 3.27. The molecule has 1 aliphatic heterocycles. The smallest absolute Gasteiger partial charge is 0.256 e. The van der Waals surface area contributed by atoms with Crippen LogP contribution in [-0.2, 0) is 6.42 Å². The molecule has 1 heterocycles. The molecular formula is C19H19NO3. The number of carbonyl (C=O) groups is 1. The fourth-order valence-corrected chi connectivity index (χ4v) is 2.76. The summed E-state index contributed by atoms with van der Waals surface area (Å²) in [6.07, 6.45) is 3.48. The van der Waals surface area contributed by atoms with E-state index in [-0.39, 0.29) is 5.91 Å². The number of methoxy groups -OCH3 is 1. The van der Waals surface area contributed by atoms with E-state index in [0.29, 0.717) is 18.5 Å². The lowest BCUT2D eigenvalue weighted by Crippen LogP contribution is -2.45. The molecule has 4 heteroatoms. The number of carbonyl (C=O) groups excluding carboxylic acids is 1. The maximum Gasteiger partial charge on any atom is 0.256 e. The molecule has 2 aromatic carbocycles. The van der Waals surface area contributed by atoms with Gasteiger partial charge in [-0.1, -0.05) is 42.5 Å². The van der Waals surface area contributed by atoms with Crippen molar-refractivity contribution >= 4 is 12.0 Å². The molecule has 1 atom stereocenters. The van der Waals surface area contributed by atoms with Gasteiger partial charge in [-0.15, -0.1) is 0 Å². The van der Waals surface area contributed by atoms with Gasteiger partial charge < -0.3 is 14.7 Å². The summed E-state index contributed by atoms with van der Waals surface area (Å²) in [5.41, 5.74) is 2.56. The summed E-state index contributed by atoms with van der Waals surface area (Å²) in [7, 11) is 1.63. The highest BCUT2D eigenvalue weighted by Crippen LogP contribution is 2.22. The lowest BCUT2D eigenvalue weighted by Gasteiger charge is -2.32. The van der Waals surface area contributed by atoms with E-state index in [4.69, 9.17) is 4.74 Å².